The molecule has 1 amide bonds. The molecule has 0 bridgehead atoms. The Morgan fingerprint density at radius 3 is 2.36 bits per heavy atom. The molecule has 1 radical (unpaired) electrons. The summed E-state index contributed by atoms with van der Waals surface area (Å²) in [6.45, 7) is 0. The minimum Gasteiger partial charge on any atom is -0.452 e. The van der Waals surface area contributed by atoms with Crippen LogP contribution in [-0.2, 0) is 14.3 Å². The fraction of sp³-hybridized carbons (Fsp3) is 0.500. The molecule has 1 aliphatic rings. The quantitative estimate of drug-likeness (QED) is 0.542. The average molecular weight is 196 g/mol. The number of primary amides is 1. The molecule has 1 aliphatic carbocycles. The Hall–Kier alpha value is -1.32. The summed E-state index contributed by atoms with van der Waals surface area (Å²) < 4.78 is 5.02. The molecule has 1 saturated carbocycles. The third-order valence-electron chi connectivity index (χ3n) is 2.04. The second kappa shape index (κ2) is 5.42. The van der Waals surface area contributed by atoms with Crippen LogP contribution in [0.5, 0.6) is 0 Å². The molecule has 4 heteroatoms. The SMILES string of the molecule is NC(=O)/C=C\C(=O)O[C]1CCCCC1. The summed E-state index contributed by atoms with van der Waals surface area (Å²) in [5, 5.41) is 0. The molecule has 1 fully saturated rings. The van der Waals surface area contributed by atoms with Gasteiger partial charge in [0.2, 0.25) is 5.91 Å². The van der Waals surface area contributed by atoms with Crippen LogP contribution in [0.2, 0.25) is 0 Å². The van der Waals surface area contributed by atoms with E-state index in [2.05, 4.69) is 0 Å². The molecule has 77 valence electrons. The zero-order valence-electron chi connectivity index (χ0n) is 7.99. The first-order valence-electron chi connectivity index (χ1n) is 4.72. The molecule has 0 aromatic carbocycles. The van der Waals surface area contributed by atoms with Crippen molar-refractivity contribution in [2.45, 2.75) is 32.1 Å². The molecular formula is C10H14NO3. The van der Waals surface area contributed by atoms with E-state index in [0.717, 1.165) is 43.9 Å². The lowest BCUT2D eigenvalue weighted by Gasteiger charge is -2.19. The van der Waals surface area contributed by atoms with E-state index >= 15 is 0 Å². The second-order valence-electron chi connectivity index (χ2n) is 3.26. The number of esters is 1. The molecule has 0 heterocycles. The lowest BCUT2D eigenvalue weighted by atomic mass is 9.98. The predicted octanol–water partition coefficient (Wildman–Crippen LogP) is 1.07. The number of rotatable bonds is 3. The highest BCUT2D eigenvalue weighted by atomic mass is 16.5. The summed E-state index contributed by atoms with van der Waals surface area (Å²) in [5.41, 5.74) is 4.83. The van der Waals surface area contributed by atoms with E-state index < -0.39 is 11.9 Å². The van der Waals surface area contributed by atoms with Gasteiger partial charge in [-0.3, -0.25) is 4.79 Å². The van der Waals surface area contributed by atoms with Crippen molar-refractivity contribution in [3.63, 3.8) is 0 Å². The average Bonchev–Trinajstić information content (AvgIpc) is 2.16. The van der Waals surface area contributed by atoms with E-state index in [1.54, 1.807) is 0 Å². The van der Waals surface area contributed by atoms with Crippen molar-refractivity contribution in [3.05, 3.63) is 18.3 Å². The normalized spacial score (nSPS) is 18.3. The van der Waals surface area contributed by atoms with Crippen LogP contribution in [0.3, 0.4) is 0 Å². The number of nitrogens with two attached hydrogens (primary N) is 1. The summed E-state index contributed by atoms with van der Waals surface area (Å²) in [6.07, 6.45) is 7.90. The van der Waals surface area contributed by atoms with Crippen molar-refractivity contribution in [3.8, 4) is 0 Å². The first-order valence-corrected chi connectivity index (χ1v) is 4.72. The molecule has 0 saturated heterocycles. The summed E-state index contributed by atoms with van der Waals surface area (Å²) in [7, 11) is 0. The van der Waals surface area contributed by atoms with Gasteiger partial charge in [-0.1, -0.05) is 6.42 Å². The summed E-state index contributed by atoms with van der Waals surface area (Å²) in [5.74, 6) is -1.16. The van der Waals surface area contributed by atoms with Gasteiger partial charge in [0, 0.05) is 12.2 Å². The standard InChI is InChI=1S/C10H14NO3/c11-9(12)6-7-10(13)14-8-4-2-1-3-5-8/h6-7H,1-5H2,(H2,11,12)/b7-6-. The molecule has 14 heavy (non-hydrogen) atoms. The Morgan fingerprint density at radius 2 is 1.79 bits per heavy atom. The highest BCUT2D eigenvalue weighted by Gasteiger charge is 2.17. The maximum absolute atomic E-state index is 11.1. The largest absolute Gasteiger partial charge is 0.452 e. The number of hydrogen-bond acceptors (Lipinski definition) is 3. The van der Waals surface area contributed by atoms with E-state index in [9.17, 15) is 9.59 Å². The van der Waals surface area contributed by atoms with Gasteiger partial charge >= 0.3 is 5.97 Å². The van der Waals surface area contributed by atoms with Gasteiger partial charge in [-0.15, -0.1) is 0 Å². The zero-order chi connectivity index (χ0) is 10.4. The molecule has 0 spiro atoms. The molecule has 0 aliphatic heterocycles. The molecule has 0 aromatic rings. The van der Waals surface area contributed by atoms with Gasteiger partial charge in [-0.05, 0) is 25.7 Å². The van der Waals surface area contributed by atoms with Gasteiger partial charge in [0.25, 0.3) is 0 Å². The van der Waals surface area contributed by atoms with Gasteiger partial charge in [0.1, 0.15) is 0 Å². The van der Waals surface area contributed by atoms with Crippen LogP contribution >= 0.6 is 0 Å². The van der Waals surface area contributed by atoms with Gasteiger partial charge in [0.15, 0.2) is 6.10 Å². The number of ether oxygens (including phenoxy) is 1. The van der Waals surface area contributed by atoms with Gasteiger partial charge in [0.05, 0.1) is 0 Å². The molecule has 0 aromatic heterocycles. The minimum absolute atomic E-state index is 0.513. The number of amides is 1. The maximum atomic E-state index is 11.1. The third kappa shape index (κ3) is 4.07. The van der Waals surface area contributed by atoms with Crippen LogP contribution in [0.4, 0.5) is 0 Å². The zero-order valence-corrected chi connectivity index (χ0v) is 7.99. The van der Waals surface area contributed by atoms with E-state index in [1.807, 2.05) is 0 Å². The third-order valence-corrected chi connectivity index (χ3v) is 2.04. The fourth-order valence-electron chi connectivity index (χ4n) is 1.37. The highest BCUT2D eigenvalue weighted by Crippen LogP contribution is 2.26. The van der Waals surface area contributed by atoms with Crippen LogP contribution in [0.1, 0.15) is 32.1 Å². The van der Waals surface area contributed by atoms with E-state index in [0.29, 0.717) is 0 Å². The van der Waals surface area contributed by atoms with Crippen molar-refractivity contribution in [2.24, 2.45) is 5.73 Å². The molecular weight excluding hydrogens is 182 g/mol. The molecule has 1 rings (SSSR count). The van der Waals surface area contributed by atoms with Crippen molar-refractivity contribution >= 4 is 11.9 Å². The first kappa shape index (κ1) is 10.8. The summed E-state index contributed by atoms with van der Waals surface area (Å²) in [6, 6.07) is 0. The smallest absolute Gasteiger partial charge is 0.331 e. The first-order chi connectivity index (χ1) is 6.68. The van der Waals surface area contributed by atoms with Crippen LogP contribution in [0, 0.1) is 6.10 Å². The molecule has 4 nitrogen and oxygen atoms in total. The van der Waals surface area contributed by atoms with Gasteiger partial charge in [-0.25, -0.2) is 4.79 Å². The van der Waals surface area contributed by atoms with Crippen molar-refractivity contribution < 1.29 is 14.3 Å². The Bertz CT molecular complexity index is 242. The maximum Gasteiger partial charge on any atom is 0.331 e. The lowest BCUT2D eigenvalue weighted by Crippen LogP contribution is -2.13. The van der Waals surface area contributed by atoms with Crippen LogP contribution < -0.4 is 5.73 Å². The number of carbonyl (C=O) groups is 2. The van der Waals surface area contributed by atoms with E-state index in [4.69, 9.17) is 10.5 Å². The van der Waals surface area contributed by atoms with Crippen molar-refractivity contribution in [1.29, 1.82) is 0 Å². The van der Waals surface area contributed by atoms with E-state index in [-0.39, 0.29) is 0 Å². The Morgan fingerprint density at radius 1 is 1.14 bits per heavy atom. The Kier molecular flexibility index (Phi) is 4.16. The summed E-state index contributed by atoms with van der Waals surface area (Å²) >= 11 is 0. The summed E-state index contributed by atoms with van der Waals surface area (Å²) in [4.78, 5) is 21.4. The topological polar surface area (TPSA) is 69.4 Å². The monoisotopic (exact) mass is 196 g/mol. The van der Waals surface area contributed by atoms with E-state index in [1.165, 1.54) is 6.42 Å². The van der Waals surface area contributed by atoms with Crippen LogP contribution in [0.15, 0.2) is 12.2 Å². The van der Waals surface area contributed by atoms with Crippen molar-refractivity contribution in [1.82, 2.24) is 0 Å². The second-order valence-corrected chi connectivity index (χ2v) is 3.26. The van der Waals surface area contributed by atoms with Gasteiger partial charge < -0.3 is 10.5 Å². The van der Waals surface area contributed by atoms with Crippen molar-refractivity contribution in [2.75, 3.05) is 0 Å². The van der Waals surface area contributed by atoms with Crippen LogP contribution in [-0.4, -0.2) is 11.9 Å². The molecule has 0 unspecified atom stereocenters. The number of hydrogen-bond donors (Lipinski definition) is 1. The predicted molar refractivity (Wildman–Crippen MR) is 50.8 cm³/mol. The van der Waals surface area contributed by atoms with Crippen LogP contribution in [0.25, 0.3) is 0 Å². The highest BCUT2D eigenvalue weighted by molar-refractivity contribution is 5.93. The lowest BCUT2D eigenvalue weighted by molar-refractivity contribution is -0.138. The fourth-order valence-corrected chi connectivity index (χ4v) is 1.37. The Balaban J connectivity index is 2.28. The molecule has 2 N–H and O–H groups in total. The minimum atomic E-state index is -0.643. The molecule has 0 atom stereocenters. The number of carbonyl (C=O) groups excluding carboxylic acids is 2. The van der Waals surface area contributed by atoms with Gasteiger partial charge in [-0.2, -0.15) is 0 Å². The Labute approximate surface area is 83.1 Å².